The van der Waals surface area contributed by atoms with Crippen molar-refractivity contribution in [2.75, 3.05) is 29.6 Å². The first-order valence-electron chi connectivity index (χ1n) is 7.37. The molecule has 0 saturated carbocycles. The third kappa shape index (κ3) is 3.30. The normalized spacial score (nSPS) is 25.7. The van der Waals surface area contributed by atoms with Crippen LogP contribution in [0.1, 0.15) is 6.92 Å². The first kappa shape index (κ1) is 18.0. The van der Waals surface area contributed by atoms with Crippen LogP contribution in [0.15, 0.2) is 23.1 Å². The van der Waals surface area contributed by atoms with Gasteiger partial charge in [-0.05, 0) is 24.5 Å². The summed E-state index contributed by atoms with van der Waals surface area (Å²) in [6.07, 6.45) is 1.36. The summed E-state index contributed by atoms with van der Waals surface area (Å²) in [5, 5.41) is 2.71. The van der Waals surface area contributed by atoms with E-state index >= 15 is 0 Å². The Morgan fingerprint density at radius 3 is 2.92 bits per heavy atom. The second kappa shape index (κ2) is 7.20. The number of thioether (sulfide) groups is 2. The molecule has 2 heterocycles. The van der Waals surface area contributed by atoms with E-state index in [1.807, 2.05) is 18.2 Å². The van der Waals surface area contributed by atoms with E-state index in [0.717, 1.165) is 10.6 Å². The van der Waals surface area contributed by atoms with Crippen LogP contribution in [-0.2, 0) is 9.53 Å². The van der Waals surface area contributed by atoms with Gasteiger partial charge in [0.15, 0.2) is 6.10 Å². The molecule has 1 fully saturated rings. The molecule has 3 rings (SSSR count). The summed E-state index contributed by atoms with van der Waals surface area (Å²) in [5.41, 5.74) is 2.00. The first-order chi connectivity index (χ1) is 11.4. The number of benzene rings is 1. The van der Waals surface area contributed by atoms with Crippen molar-refractivity contribution in [3.8, 4) is 0 Å². The molecule has 24 heavy (non-hydrogen) atoms. The van der Waals surface area contributed by atoms with E-state index in [-0.39, 0.29) is 22.2 Å². The molecule has 130 valence electrons. The lowest BCUT2D eigenvalue weighted by Crippen LogP contribution is -2.38. The van der Waals surface area contributed by atoms with Crippen LogP contribution >= 0.6 is 46.1 Å². The zero-order valence-corrected chi connectivity index (χ0v) is 17.3. The molecule has 9 heteroatoms. The van der Waals surface area contributed by atoms with Gasteiger partial charge in [0.25, 0.3) is 0 Å². The number of carbonyl (C=O) groups is 2. The predicted octanol–water partition coefficient (Wildman–Crippen LogP) is 3.10. The standard InChI is InChI=1S/C15H18IN3O3S2/c1-8(20)17-7-11-13(16)19(14(21)22-11)9-4-5-10-12(6-9)24-15(23-3)18(10)2/h4-6,11,13,15H,7H2,1-3H3,(H,17,20)/t11-,13?,15?/m0/s1. The molecule has 1 aromatic rings. The molecule has 2 unspecified atom stereocenters. The Labute approximate surface area is 163 Å². The van der Waals surface area contributed by atoms with Gasteiger partial charge in [-0.3, -0.25) is 9.69 Å². The number of cyclic esters (lactones) is 1. The SMILES string of the molecule is CSC1Sc2cc(N3C(=O)O[C@@H](CNC(C)=O)C3I)ccc2N1C. The second-order valence-electron chi connectivity index (χ2n) is 5.53. The number of nitrogens with one attached hydrogen (secondary N) is 1. The van der Waals surface area contributed by atoms with E-state index in [4.69, 9.17) is 4.74 Å². The lowest BCUT2D eigenvalue weighted by Gasteiger charge is -2.21. The number of alkyl halides is 1. The lowest BCUT2D eigenvalue weighted by atomic mass is 10.2. The minimum absolute atomic E-state index is 0.131. The number of carbonyl (C=O) groups excluding carboxylic acids is 2. The predicted molar refractivity (Wildman–Crippen MR) is 107 cm³/mol. The van der Waals surface area contributed by atoms with E-state index in [9.17, 15) is 9.59 Å². The molecular weight excluding hydrogens is 461 g/mol. The summed E-state index contributed by atoms with van der Waals surface area (Å²) in [4.78, 5) is 28.4. The fourth-order valence-electron chi connectivity index (χ4n) is 2.69. The number of nitrogens with zero attached hydrogens (tertiary/aromatic N) is 2. The third-order valence-corrected chi connectivity index (χ3v) is 7.95. The number of halogens is 1. The molecular formula is C15H18IN3O3S2. The Hall–Kier alpha value is -0.810. The highest BCUT2D eigenvalue weighted by Crippen LogP contribution is 2.48. The van der Waals surface area contributed by atoms with Crippen LogP contribution in [0.3, 0.4) is 0 Å². The fraction of sp³-hybridized carbons (Fsp3) is 0.467. The lowest BCUT2D eigenvalue weighted by molar-refractivity contribution is -0.119. The van der Waals surface area contributed by atoms with E-state index in [1.54, 1.807) is 28.4 Å². The maximum absolute atomic E-state index is 12.3. The number of amides is 2. The molecule has 3 atom stereocenters. The van der Waals surface area contributed by atoms with Crippen molar-refractivity contribution in [3.05, 3.63) is 18.2 Å². The highest BCUT2D eigenvalue weighted by molar-refractivity contribution is 14.1. The van der Waals surface area contributed by atoms with Gasteiger partial charge >= 0.3 is 6.09 Å². The van der Waals surface area contributed by atoms with Crippen molar-refractivity contribution in [3.63, 3.8) is 0 Å². The minimum Gasteiger partial charge on any atom is -0.441 e. The van der Waals surface area contributed by atoms with Crippen LogP contribution in [0.5, 0.6) is 0 Å². The number of anilines is 2. The van der Waals surface area contributed by atoms with Gasteiger partial charge in [-0.25, -0.2) is 4.79 Å². The molecule has 1 aromatic carbocycles. The zero-order chi connectivity index (χ0) is 17.4. The minimum atomic E-state index is -0.373. The van der Waals surface area contributed by atoms with Gasteiger partial charge in [0.2, 0.25) is 5.91 Å². The van der Waals surface area contributed by atoms with Crippen molar-refractivity contribution >= 4 is 69.5 Å². The third-order valence-electron chi connectivity index (χ3n) is 3.90. The Kier molecular flexibility index (Phi) is 5.40. The monoisotopic (exact) mass is 479 g/mol. The Morgan fingerprint density at radius 1 is 1.50 bits per heavy atom. The van der Waals surface area contributed by atoms with E-state index in [1.165, 1.54) is 12.6 Å². The fourth-order valence-corrected chi connectivity index (χ4v) is 5.77. The molecule has 1 N–H and O–H groups in total. The number of hydrogen-bond donors (Lipinski definition) is 1. The van der Waals surface area contributed by atoms with Gasteiger partial charge in [0, 0.05) is 24.6 Å². The molecule has 2 amide bonds. The Bertz CT molecular complexity index is 675. The largest absolute Gasteiger partial charge is 0.441 e. The molecule has 1 saturated heterocycles. The summed E-state index contributed by atoms with van der Waals surface area (Å²) >= 11 is 5.77. The van der Waals surface area contributed by atoms with Crippen molar-refractivity contribution < 1.29 is 14.3 Å². The molecule has 0 bridgehead atoms. The van der Waals surface area contributed by atoms with Crippen LogP contribution in [0.4, 0.5) is 16.2 Å². The quantitative estimate of drug-likeness (QED) is 0.407. The summed E-state index contributed by atoms with van der Waals surface area (Å²) in [6.45, 7) is 1.77. The average Bonchev–Trinajstić information content (AvgIpc) is 3.01. The maximum Gasteiger partial charge on any atom is 0.415 e. The Balaban J connectivity index is 1.80. The van der Waals surface area contributed by atoms with E-state index < -0.39 is 0 Å². The summed E-state index contributed by atoms with van der Waals surface area (Å²) in [7, 11) is 2.08. The molecule has 0 spiro atoms. The maximum atomic E-state index is 12.3. The highest BCUT2D eigenvalue weighted by Gasteiger charge is 2.41. The summed E-state index contributed by atoms with van der Waals surface area (Å²) in [6, 6.07) is 6.04. The number of ether oxygens (including phenoxy) is 1. The number of fused-ring (bicyclic) bond motifs is 1. The van der Waals surface area contributed by atoms with Crippen molar-refractivity contribution in [1.29, 1.82) is 0 Å². The van der Waals surface area contributed by atoms with Gasteiger partial charge < -0.3 is 15.0 Å². The van der Waals surface area contributed by atoms with Gasteiger partial charge in [-0.1, -0.05) is 34.4 Å². The summed E-state index contributed by atoms with van der Waals surface area (Å²) in [5.74, 6) is -0.131. The second-order valence-corrected chi connectivity index (χ2v) is 9.14. The van der Waals surface area contributed by atoms with Gasteiger partial charge in [0.1, 0.15) is 8.75 Å². The topological polar surface area (TPSA) is 61.9 Å². The molecule has 0 aromatic heterocycles. The summed E-state index contributed by atoms with van der Waals surface area (Å²) < 4.78 is 5.60. The molecule has 6 nitrogen and oxygen atoms in total. The van der Waals surface area contributed by atoms with Gasteiger partial charge in [0.05, 0.1) is 12.2 Å². The Morgan fingerprint density at radius 2 is 2.25 bits per heavy atom. The smallest absolute Gasteiger partial charge is 0.415 e. The van der Waals surface area contributed by atoms with Gasteiger partial charge in [-0.15, -0.1) is 11.8 Å². The van der Waals surface area contributed by atoms with Crippen LogP contribution in [-0.4, -0.2) is 46.7 Å². The number of hydrogen-bond acceptors (Lipinski definition) is 6. The van der Waals surface area contributed by atoms with Crippen LogP contribution in [0.2, 0.25) is 0 Å². The molecule has 0 aliphatic carbocycles. The molecule has 2 aliphatic heterocycles. The van der Waals surface area contributed by atoms with Crippen molar-refractivity contribution in [2.24, 2.45) is 0 Å². The van der Waals surface area contributed by atoms with Crippen LogP contribution < -0.4 is 15.1 Å². The first-order valence-corrected chi connectivity index (χ1v) is 10.8. The van der Waals surface area contributed by atoms with Crippen LogP contribution in [0, 0.1) is 0 Å². The van der Waals surface area contributed by atoms with Crippen molar-refractivity contribution in [2.45, 2.75) is 26.7 Å². The van der Waals surface area contributed by atoms with Crippen LogP contribution in [0.25, 0.3) is 0 Å². The highest BCUT2D eigenvalue weighted by atomic mass is 127. The zero-order valence-electron chi connectivity index (χ0n) is 13.5. The van der Waals surface area contributed by atoms with Crippen molar-refractivity contribution in [1.82, 2.24) is 5.32 Å². The number of rotatable bonds is 4. The van der Waals surface area contributed by atoms with E-state index in [2.05, 4.69) is 46.1 Å². The molecule has 0 radical (unpaired) electrons. The molecule has 2 aliphatic rings. The van der Waals surface area contributed by atoms with E-state index in [0.29, 0.717) is 11.3 Å². The average molecular weight is 479 g/mol. The van der Waals surface area contributed by atoms with Gasteiger partial charge in [-0.2, -0.15) is 0 Å².